The highest BCUT2D eigenvalue weighted by atomic mass is 32.1. The molecule has 1 heterocycles. The molecule has 2 aromatic rings. The van der Waals surface area contributed by atoms with Crippen molar-refractivity contribution in [2.24, 2.45) is 0 Å². The summed E-state index contributed by atoms with van der Waals surface area (Å²) in [6.07, 6.45) is 0.967. The highest BCUT2D eigenvalue weighted by Gasteiger charge is 2.21. The molecule has 0 aliphatic carbocycles. The monoisotopic (exact) mass is 260 g/mol. The number of carbonyl (C=O) groups is 1. The van der Waals surface area contributed by atoms with Crippen molar-refractivity contribution in [2.75, 3.05) is 7.11 Å². The van der Waals surface area contributed by atoms with Gasteiger partial charge in [-0.1, -0.05) is 37.3 Å². The number of hydrogen-bond acceptors (Lipinski definition) is 3. The minimum absolute atomic E-state index is 0.249. The molecule has 0 saturated carbocycles. The third-order valence-corrected chi connectivity index (χ3v) is 4.06. The van der Waals surface area contributed by atoms with Crippen LogP contribution in [-0.4, -0.2) is 13.1 Å². The third kappa shape index (κ3) is 2.46. The highest BCUT2D eigenvalue weighted by molar-refractivity contribution is 7.10. The largest absolute Gasteiger partial charge is 0.465 e. The second-order valence-corrected chi connectivity index (χ2v) is 5.01. The Balaban J connectivity index is 2.40. The molecule has 0 radical (unpaired) electrons. The quantitative estimate of drug-likeness (QED) is 0.774. The molecule has 0 aliphatic rings. The van der Waals surface area contributed by atoms with Crippen LogP contribution in [0.2, 0.25) is 0 Å². The first kappa shape index (κ1) is 12.8. The van der Waals surface area contributed by atoms with E-state index in [2.05, 4.69) is 19.1 Å². The molecule has 0 amide bonds. The lowest BCUT2D eigenvalue weighted by Gasteiger charge is -2.15. The number of esters is 1. The fourth-order valence-corrected chi connectivity index (χ4v) is 3.22. The van der Waals surface area contributed by atoms with E-state index in [4.69, 9.17) is 4.74 Å². The zero-order chi connectivity index (χ0) is 13.0. The van der Waals surface area contributed by atoms with Crippen molar-refractivity contribution in [3.8, 4) is 0 Å². The fourth-order valence-electron chi connectivity index (χ4n) is 2.13. The van der Waals surface area contributed by atoms with E-state index in [-0.39, 0.29) is 11.9 Å². The predicted octanol–water partition coefficient (Wildman–Crippen LogP) is 4.08. The van der Waals surface area contributed by atoms with Crippen LogP contribution < -0.4 is 0 Å². The minimum Gasteiger partial charge on any atom is -0.465 e. The Bertz CT molecular complexity index is 516. The van der Waals surface area contributed by atoms with Gasteiger partial charge in [0.05, 0.1) is 12.7 Å². The maximum Gasteiger partial charge on any atom is 0.339 e. The molecule has 18 heavy (non-hydrogen) atoms. The second-order valence-electron chi connectivity index (χ2n) is 4.06. The number of thiophene rings is 1. The van der Waals surface area contributed by atoms with Crippen molar-refractivity contribution < 1.29 is 9.53 Å². The Morgan fingerprint density at radius 2 is 2.00 bits per heavy atom. The second kappa shape index (κ2) is 5.83. The Labute approximate surface area is 111 Å². The Morgan fingerprint density at radius 3 is 2.61 bits per heavy atom. The van der Waals surface area contributed by atoms with E-state index < -0.39 is 0 Å². The molecule has 1 aromatic carbocycles. The number of benzene rings is 1. The Morgan fingerprint density at radius 1 is 1.28 bits per heavy atom. The molecule has 0 fully saturated rings. The molecule has 1 unspecified atom stereocenters. The van der Waals surface area contributed by atoms with E-state index >= 15 is 0 Å². The molecular formula is C15H16O2S. The number of methoxy groups -OCH3 is 1. The molecule has 2 nitrogen and oxygen atoms in total. The maximum atomic E-state index is 11.7. The predicted molar refractivity (Wildman–Crippen MR) is 74.2 cm³/mol. The minimum atomic E-state index is -0.249. The molecule has 3 heteroatoms. The van der Waals surface area contributed by atoms with Crippen LogP contribution in [0.5, 0.6) is 0 Å². The van der Waals surface area contributed by atoms with Gasteiger partial charge in [-0.15, -0.1) is 11.3 Å². The summed E-state index contributed by atoms with van der Waals surface area (Å²) in [6, 6.07) is 12.1. The zero-order valence-corrected chi connectivity index (χ0v) is 11.4. The van der Waals surface area contributed by atoms with Crippen LogP contribution in [0, 0.1) is 0 Å². The molecule has 0 bridgehead atoms. The lowest BCUT2D eigenvalue weighted by atomic mass is 9.93. The molecule has 0 N–H and O–H groups in total. The van der Waals surface area contributed by atoms with E-state index in [0.29, 0.717) is 5.56 Å². The normalized spacial score (nSPS) is 12.1. The van der Waals surface area contributed by atoms with Gasteiger partial charge in [0.25, 0.3) is 0 Å². The summed E-state index contributed by atoms with van der Waals surface area (Å²) in [5.41, 5.74) is 1.94. The molecule has 1 aromatic heterocycles. The summed E-state index contributed by atoms with van der Waals surface area (Å²) in [7, 11) is 1.42. The van der Waals surface area contributed by atoms with E-state index in [1.54, 1.807) is 11.3 Å². The van der Waals surface area contributed by atoms with Gasteiger partial charge in [-0.25, -0.2) is 4.79 Å². The van der Waals surface area contributed by atoms with Crippen molar-refractivity contribution in [1.82, 2.24) is 0 Å². The van der Waals surface area contributed by atoms with Crippen LogP contribution in [0.25, 0.3) is 0 Å². The van der Waals surface area contributed by atoms with Crippen molar-refractivity contribution in [2.45, 2.75) is 19.3 Å². The van der Waals surface area contributed by atoms with Crippen LogP contribution in [-0.2, 0) is 4.74 Å². The molecule has 94 valence electrons. The van der Waals surface area contributed by atoms with Gasteiger partial charge in [-0.2, -0.15) is 0 Å². The van der Waals surface area contributed by atoms with E-state index in [9.17, 15) is 4.79 Å². The molecule has 1 atom stereocenters. The van der Waals surface area contributed by atoms with Gasteiger partial charge in [0.15, 0.2) is 0 Å². The van der Waals surface area contributed by atoms with Gasteiger partial charge in [-0.3, -0.25) is 0 Å². The molecule has 0 saturated heterocycles. The van der Waals surface area contributed by atoms with Crippen LogP contribution in [0.1, 0.15) is 40.1 Å². The Kier molecular flexibility index (Phi) is 4.15. The smallest absolute Gasteiger partial charge is 0.339 e. The summed E-state index contributed by atoms with van der Waals surface area (Å²) in [5, 5.41) is 1.95. The van der Waals surface area contributed by atoms with E-state index in [1.807, 2.05) is 29.6 Å². The molecular weight excluding hydrogens is 244 g/mol. The molecule has 2 rings (SSSR count). The number of ether oxygens (including phenoxy) is 1. The number of hydrogen-bond donors (Lipinski definition) is 0. The third-order valence-electron chi connectivity index (χ3n) is 3.03. The van der Waals surface area contributed by atoms with Gasteiger partial charge < -0.3 is 4.74 Å². The first-order valence-electron chi connectivity index (χ1n) is 5.98. The van der Waals surface area contributed by atoms with Crippen molar-refractivity contribution >= 4 is 17.3 Å². The summed E-state index contributed by atoms with van der Waals surface area (Å²) >= 11 is 1.62. The summed E-state index contributed by atoms with van der Waals surface area (Å²) in [5.74, 6) is 0.0148. The van der Waals surface area contributed by atoms with Crippen LogP contribution in [0.3, 0.4) is 0 Å². The highest BCUT2D eigenvalue weighted by Crippen LogP contribution is 2.34. The van der Waals surface area contributed by atoms with Gasteiger partial charge in [0.1, 0.15) is 0 Å². The summed E-state index contributed by atoms with van der Waals surface area (Å²) < 4.78 is 4.83. The number of carbonyl (C=O) groups excluding carboxylic acids is 1. The van der Waals surface area contributed by atoms with Crippen molar-refractivity contribution in [1.29, 1.82) is 0 Å². The Hall–Kier alpha value is -1.61. The first-order valence-corrected chi connectivity index (χ1v) is 6.86. The lowest BCUT2D eigenvalue weighted by Crippen LogP contribution is -2.06. The van der Waals surface area contributed by atoms with E-state index in [0.717, 1.165) is 11.3 Å². The number of rotatable bonds is 4. The average molecular weight is 260 g/mol. The van der Waals surface area contributed by atoms with Gasteiger partial charge in [-0.05, 0) is 23.4 Å². The lowest BCUT2D eigenvalue weighted by molar-refractivity contribution is 0.0600. The van der Waals surface area contributed by atoms with Crippen LogP contribution >= 0.6 is 11.3 Å². The van der Waals surface area contributed by atoms with Gasteiger partial charge >= 0.3 is 5.97 Å². The zero-order valence-electron chi connectivity index (χ0n) is 10.6. The fraction of sp³-hybridized carbons (Fsp3) is 0.267. The standard InChI is InChI=1S/C15H16O2S/c1-3-12(11-7-5-4-6-8-11)14-13(9-10-18-14)15(16)17-2/h4-10,12H,3H2,1-2H3. The van der Waals surface area contributed by atoms with Crippen molar-refractivity contribution in [3.63, 3.8) is 0 Å². The summed E-state index contributed by atoms with van der Waals surface area (Å²) in [6.45, 7) is 2.14. The summed E-state index contributed by atoms with van der Waals surface area (Å²) in [4.78, 5) is 12.8. The van der Waals surface area contributed by atoms with Gasteiger partial charge in [0.2, 0.25) is 0 Å². The first-order chi connectivity index (χ1) is 8.77. The van der Waals surface area contributed by atoms with Crippen LogP contribution in [0.4, 0.5) is 0 Å². The topological polar surface area (TPSA) is 26.3 Å². The van der Waals surface area contributed by atoms with E-state index in [1.165, 1.54) is 12.7 Å². The van der Waals surface area contributed by atoms with Crippen molar-refractivity contribution in [3.05, 3.63) is 57.8 Å². The average Bonchev–Trinajstić information content (AvgIpc) is 2.89. The van der Waals surface area contributed by atoms with Gasteiger partial charge in [0, 0.05) is 10.8 Å². The maximum absolute atomic E-state index is 11.7. The van der Waals surface area contributed by atoms with Crippen LogP contribution in [0.15, 0.2) is 41.8 Å². The molecule has 0 aliphatic heterocycles. The molecule has 0 spiro atoms. The SMILES string of the molecule is CCC(c1ccccc1)c1sccc1C(=O)OC.